The predicted molar refractivity (Wildman–Crippen MR) is 79.2 cm³/mol. The van der Waals surface area contributed by atoms with Crippen molar-refractivity contribution in [3.63, 3.8) is 0 Å². The molecule has 0 radical (unpaired) electrons. The van der Waals surface area contributed by atoms with Gasteiger partial charge in [-0.25, -0.2) is 0 Å². The van der Waals surface area contributed by atoms with Crippen molar-refractivity contribution >= 4 is 29.3 Å². The zero-order valence-electron chi connectivity index (χ0n) is 10.9. The first-order valence-electron chi connectivity index (χ1n) is 5.83. The fourth-order valence-electron chi connectivity index (χ4n) is 1.30. The van der Waals surface area contributed by atoms with Gasteiger partial charge in [0.05, 0.1) is 0 Å². The number of carbonyl (C=O) groups excluding carboxylic acids is 1. The zero-order valence-corrected chi connectivity index (χ0v) is 11.7. The van der Waals surface area contributed by atoms with Gasteiger partial charge in [0.15, 0.2) is 5.11 Å². The van der Waals surface area contributed by atoms with E-state index in [0.717, 1.165) is 5.56 Å². The molecule has 0 aliphatic carbocycles. The fourth-order valence-corrected chi connectivity index (χ4v) is 1.64. The molecule has 2 N–H and O–H groups in total. The van der Waals surface area contributed by atoms with Crippen LogP contribution in [0.5, 0.6) is 0 Å². The minimum absolute atomic E-state index is 0.207. The second kappa shape index (κ2) is 6.91. The number of hydrogen-bond acceptors (Lipinski definition) is 2. The monoisotopic (exact) mass is 262 g/mol. The van der Waals surface area contributed by atoms with Crippen molar-refractivity contribution in [3.05, 3.63) is 41.5 Å². The van der Waals surface area contributed by atoms with Gasteiger partial charge in [-0.15, -0.1) is 0 Å². The second-order valence-corrected chi connectivity index (χ2v) is 4.77. The van der Waals surface area contributed by atoms with Gasteiger partial charge < -0.3 is 5.32 Å². The normalized spacial score (nSPS) is 10.7. The first-order valence-corrected chi connectivity index (χ1v) is 6.24. The van der Waals surface area contributed by atoms with Gasteiger partial charge in [-0.2, -0.15) is 0 Å². The molecule has 0 saturated carbocycles. The van der Waals surface area contributed by atoms with Crippen LogP contribution >= 0.6 is 12.2 Å². The molecule has 0 aromatic heterocycles. The number of nitrogens with one attached hydrogen (secondary N) is 2. The molecule has 0 fully saturated rings. The van der Waals surface area contributed by atoms with Crippen molar-refractivity contribution in [2.24, 2.45) is 0 Å². The molecule has 0 aliphatic heterocycles. The number of hydrogen-bond donors (Lipinski definition) is 2. The minimum Gasteiger partial charge on any atom is -0.360 e. The van der Waals surface area contributed by atoms with Crippen LogP contribution in [0.4, 0.5) is 0 Å². The smallest absolute Gasteiger partial charge is 0.250 e. The Labute approximate surface area is 113 Å². The van der Waals surface area contributed by atoms with Crippen LogP contribution in [0.3, 0.4) is 0 Å². The number of carbonyl (C=O) groups is 1. The van der Waals surface area contributed by atoms with Gasteiger partial charge in [0.2, 0.25) is 5.91 Å². The molecule has 96 valence electrons. The molecule has 1 amide bonds. The number of aryl methyl sites for hydroxylation is 1. The van der Waals surface area contributed by atoms with Gasteiger partial charge in [-0.3, -0.25) is 10.1 Å². The van der Waals surface area contributed by atoms with Gasteiger partial charge in [-0.05, 0) is 44.6 Å². The van der Waals surface area contributed by atoms with Gasteiger partial charge in [-0.1, -0.05) is 29.8 Å². The SMILES string of the molecule is Cc1ccc(/C=C/C(=O)NC(=S)NC(C)C)cc1. The summed E-state index contributed by atoms with van der Waals surface area (Å²) in [6.45, 7) is 5.94. The molecular formula is C14H18N2OS. The van der Waals surface area contributed by atoms with E-state index in [4.69, 9.17) is 12.2 Å². The van der Waals surface area contributed by atoms with Crippen molar-refractivity contribution in [3.8, 4) is 0 Å². The average molecular weight is 262 g/mol. The number of benzene rings is 1. The minimum atomic E-state index is -0.228. The Kier molecular flexibility index (Phi) is 5.52. The van der Waals surface area contributed by atoms with Gasteiger partial charge in [0.25, 0.3) is 0 Å². The van der Waals surface area contributed by atoms with Crippen LogP contribution in [0.25, 0.3) is 6.08 Å². The molecule has 1 rings (SSSR count). The lowest BCUT2D eigenvalue weighted by Crippen LogP contribution is -2.41. The summed E-state index contributed by atoms with van der Waals surface area (Å²) in [6, 6.07) is 8.14. The Hall–Kier alpha value is -1.68. The quantitative estimate of drug-likeness (QED) is 0.649. The first kappa shape index (κ1) is 14.4. The maximum Gasteiger partial charge on any atom is 0.250 e. The van der Waals surface area contributed by atoms with E-state index in [9.17, 15) is 4.79 Å². The Morgan fingerprint density at radius 3 is 2.44 bits per heavy atom. The van der Waals surface area contributed by atoms with E-state index in [0.29, 0.717) is 5.11 Å². The van der Waals surface area contributed by atoms with E-state index in [-0.39, 0.29) is 11.9 Å². The lowest BCUT2D eigenvalue weighted by molar-refractivity contribution is -0.115. The molecule has 0 bridgehead atoms. The van der Waals surface area contributed by atoms with Crippen LogP contribution in [0.15, 0.2) is 30.3 Å². The third-order valence-corrected chi connectivity index (χ3v) is 2.38. The Morgan fingerprint density at radius 2 is 1.89 bits per heavy atom. The third-order valence-electron chi connectivity index (χ3n) is 2.16. The maximum absolute atomic E-state index is 11.5. The first-order chi connectivity index (χ1) is 8.47. The van der Waals surface area contributed by atoms with Crippen LogP contribution in [-0.2, 0) is 4.79 Å². The van der Waals surface area contributed by atoms with Gasteiger partial charge in [0.1, 0.15) is 0 Å². The average Bonchev–Trinajstić information content (AvgIpc) is 2.27. The number of rotatable bonds is 3. The van der Waals surface area contributed by atoms with Crippen LogP contribution < -0.4 is 10.6 Å². The summed E-state index contributed by atoms with van der Waals surface area (Å²) in [6.07, 6.45) is 3.23. The maximum atomic E-state index is 11.5. The predicted octanol–water partition coefficient (Wildman–Crippen LogP) is 2.41. The van der Waals surface area contributed by atoms with E-state index in [2.05, 4.69) is 10.6 Å². The summed E-state index contributed by atoms with van der Waals surface area (Å²) in [7, 11) is 0. The number of amides is 1. The highest BCUT2D eigenvalue weighted by atomic mass is 32.1. The molecule has 0 aliphatic rings. The lowest BCUT2D eigenvalue weighted by atomic mass is 10.1. The molecule has 0 saturated heterocycles. The molecule has 1 aromatic rings. The summed E-state index contributed by atoms with van der Waals surface area (Å²) in [5, 5.41) is 5.88. The van der Waals surface area contributed by atoms with Crippen LogP contribution in [0.1, 0.15) is 25.0 Å². The van der Waals surface area contributed by atoms with E-state index >= 15 is 0 Å². The molecule has 1 aromatic carbocycles. The molecule has 0 atom stereocenters. The second-order valence-electron chi connectivity index (χ2n) is 4.36. The Morgan fingerprint density at radius 1 is 1.28 bits per heavy atom. The van der Waals surface area contributed by atoms with Crippen LogP contribution in [0.2, 0.25) is 0 Å². The van der Waals surface area contributed by atoms with Crippen molar-refractivity contribution in [1.29, 1.82) is 0 Å². The van der Waals surface area contributed by atoms with E-state index in [1.54, 1.807) is 6.08 Å². The van der Waals surface area contributed by atoms with E-state index < -0.39 is 0 Å². The molecule has 0 spiro atoms. The topological polar surface area (TPSA) is 41.1 Å². The third kappa shape index (κ3) is 5.59. The summed E-state index contributed by atoms with van der Waals surface area (Å²) in [4.78, 5) is 11.5. The van der Waals surface area contributed by atoms with Crippen LogP contribution in [0, 0.1) is 6.92 Å². The van der Waals surface area contributed by atoms with Crippen LogP contribution in [-0.4, -0.2) is 17.1 Å². The standard InChI is InChI=1S/C14H18N2OS/c1-10(2)15-14(18)16-13(17)9-8-12-6-4-11(3)5-7-12/h4-10H,1-3H3,(H2,15,16,17,18)/b9-8+. The molecule has 0 heterocycles. The molecular weight excluding hydrogens is 244 g/mol. The zero-order chi connectivity index (χ0) is 13.5. The molecule has 3 nitrogen and oxygen atoms in total. The fraction of sp³-hybridized carbons (Fsp3) is 0.286. The molecule has 18 heavy (non-hydrogen) atoms. The van der Waals surface area contributed by atoms with Crippen molar-refractivity contribution in [2.45, 2.75) is 26.8 Å². The van der Waals surface area contributed by atoms with Gasteiger partial charge >= 0.3 is 0 Å². The summed E-state index contributed by atoms with van der Waals surface area (Å²) in [5.74, 6) is -0.228. The summed E-state index contributed by atoms with van der Waals surface area (Å²) >= 11 is 4.98. The van der Waals surface area contributed by atoms with Crippen molar-refractivity contribution in [1.82, 2.24) is 10.6 Å². The van der Waals surface area contributed by atoms with E-state index in [1.807, 2.05) is 45.0 Å². The highest BCUT2D eigenvalue weighted by Crippen LogP contribution is 2.04. The highest BCUT2D eigenvalue weighted by molar-refractivity contribution is 7.80. The van der Waals surface area contributed by atoms with Crippen molar-refractivity contribution in [2.75, 3.05) is 0 Å². The van der Waals surface area contributed by atoms with Gasteiger partial charge in [0, 0.05) is 12.1 Å². The Bertz CT molecular complexity index is 449. The summed E-state index contributed by atoms with van der Waals surface area (Å²) < 4.78 is 0. The summed E-state index contributed by atoms with van der Waals surface area (Å²) in [5.41, 5.74) is 2.18. The van der Waals surface area contributed by atoms with E-state index in [1.165, 1.54) is 11.6 Å². The molecule has 4 heteroatoms. The number of thiocarbonyl (C=S) groups is 1. The highest BCUT2D eigenvalue weighted by Gasteiger charge is 2.01. The largest absolute Gasteiger partial charge is 0.360 e. The molecule has 0 unspecified atom stereocenters. The van der Waals surface area contributed by atoms with Crippen molar-refractivity contribution < 1.29 is 4.79 Å². The lowest BCUT2D eigenvalue weighted by Gasteiger charge is -2.10. The Balaban J connectivity index is 2.49.